The molecule has 0 saturated heterocycles. The zero-order valence-electron chi connectivity index (χ0n) is 18.4. The van der Waals surface area contributed by atoms with Crippen LogP contribution >= 0.6 is 0 Å². The largest absolute Gasteiger partial charge is 0.444 e. The normalized spacial score (nSPS) is 13.1. The Morgan fingerprint density at radius 3 is 2.17 bits per heavy atom. The van der Waals surface area contributed by atoms with E-state index in [2.05, 4.69) is 22.9 Å². The first kappa shape index (κ1) is 26.7. The molecule has 0 saturated carbocycles. The average Bonchev–Trinajstić information content (AvgIpc) is 2.57. The number of rotatable bonds is 13. The van der Waals surface area contributed by atoms with Crippen LogP contribution in [0.1, 0.15) is 79.6 Å². The quantitative estimate of drug-likeness (QED) is 0.340. The molecule has 168 valence electrons. The molecule has 5 N–H and O–H groups in total. The number of hydrogen-bond donors (Lipinski definition) is 4. The van der Waals surface area contributed by atoms with Crippen LogP contribution in [0.5, 0.6) is 0 Å². The van der Waals surface area contributed by atoms with Crippen LogP contribution in [0.25, 0.3) is 0 Å². The van der Waals surface area contributed by atoms with Crippen molar-refractivity contribution in [1.82, 2.24) is 16.0 Å². The summed E-state index contributed by atoms with van der Waals surface area (Å²) in [7, 11) is 0. The van der Waals surface area contributed by atoms with E-state index in [1.54, 1.807) is 27.7 Å². The van der Waals surface area contributed by atoms with Crippen molar-refractivity contribution in [1.29, 1.82) is 0 Å². The molecule has 0 aliphatic rings. The van der Waals surface area contributed by atoms with Gasteiger partial charge in [0.05, 0.1) is 6.42 Å². The van der Waals surface area contributed by atoms with Gasteiger partial charge in [-0.15, -0.1) is 0 Å². The summed E-state index contributed by atoms with van der Waals surface area (Å²) in [6.45, 7) is 9.18. The zero-order chi connectivity index (χ0) is 22.4. The molecule has 0 rings (SSSR count). The Morgan fingerprint density at radius 2 is 1.62 bits per heavy atom. The van der Waals surface area contributed by atoms with Crippen LogP contribution in [0.3, 0.4) is 0 Å². The first-order valence-corrected chi connectivity index (χ1v) is 10.3. The average molecular weight is 415 g/mol. The van der Waals surface area contributed by atoms with Gasteiger partial charge in [0.2, 0.25) is 17.7 Å². The molecule has 0 aliphatic carbocycles. The van der Waals surface area contributed by atoms with Gasteiger partial charge in [0, 0.05) is 19.0 Å². The van der Waals surface area contributed by atoms with Crippen LogP contribution < -0.4 is 21.7 Å². The summed E-state index contributed by atoms with van der Waals surface area (Å²) in [6, 6.07) is -1.48. The van der Waals surface area contributed by atoms with Crippen molar-refractivity contribution in [2.24, 2.45) is 5.73 Å². The first-order valence-electron chi connectivity index (χ1n) is 10.3. The van der Waals surface area contributed by atoms with Crippen LogP contribution in [-0.2, 0) is 19.1 Å². The van der Waals surface area contributed by atoms with Crippen molar-refractivity contribution >= 4 is 23.8 Å². The molecular formula is C20H38N4O5. The lowest BCUT2D eigenvalue weighted by molar-refractivity contribution is -0.131. The lowest BCUT2D eigenvalue weighted by Crippen LogP contribution is -2.52. The van der Waals surface area contributed by atoms with Crippen LogP contribution in [0, 0.1) is 0 Å². The number of amides is 4. The number of carbonyl (C=O) groups is 4. The lowest BCUT2D eigenvalue weighted by Gasteiger charge is -2.22. The highest BCUT2D eigenvalue weighted by Crippen LogP contribution is 2.07. The van der Waals surface area contributed by atoms with Gasteiger partial charge in [-0.25, -0.2) is 4.79 Å². The minimum atomic E-state index is -1.04. The minimum absolute atomic E-state index is 0.134. The Morgan fingerprint density at radius 1 is 1.00 bits per heavy atom. The van der Waals surface area contributed by atoms with E-state index >= 15 is 0 Å². The van der Waals surface area contributed by atoms with E-state index in [0.29, 0.717) is 6.42 Å². The van der Waals surface area contributed by atoms with Crippen molar-refractivity contribution < 1.29 is 23.9 Å². The Balaban J connectivity index is 4.49. The molecule has 0 aliphatic heterocycles. The summed E-state index contributed by atoms with van der Waals surface area (Å²) in [6.07, 6.45) is 4.40. The molecule has 0 radical (unpaired) electrons. The second-order valence-corrected chi connectivity index (χ2v) is 8.25. The Labute approximate surface area is 173 Å². The molecule has 2 unspecified atom stereocenters. The number of alkyl carbamates (subject to hydrolysis) is 1. The molecule has 0 spiro atoms. The second-order valence-electron chi connectivity index (χ2n) is 8.25. The van der Waals surface area contributed by atoms with E-state index in [9.17, 15) is 19.2 Å². The summed E-state index contributed by atoms with van der Waals surface area (Å²) >= 11 is 0. The number of nitrogens with one attached hydrogen (secondary N) is 3. The lowest BCUT2D eigenvalue weighted by atomic mass is 10.1. The molecule has 0 fully saturated rings. The monoisotopic (exact) mass is 414 g/mol. The van der Waals surface area contributed by atoms with Gasteiger partial charge in [-0.3, -0.25) is 14.4 Å². The van der Waals surface area contributed by atoms with E-state index in [4.69, 9.17) is 10.5 Å². The van der Waals surface area contributed by atoms with Gasteiger partial charge < -0.3 is 26.4 Å². The van der Waals surface area contributed by atoms with E-state index in [0.717, 1.165) is 32.1 Å². The van der Waals surface area contributed by atoms with Crippen molar-refractivity contribution in [3.05, 3.63) is 0 Å². The topological polar surface area (TPSA) is 140 Å². The number of carbonyl (C=O) groups excluding carboxylic acids is 4. The molecule has 0 aromatic carbocycles. The van der Waals surface area contributed by atoms with Gasteiger partial charge >= 0.3 is 6.09 Å². The molecule has 0 heterocycles. The predicted molar refractivity (Wildman–Crippen MR) is 111 cm³/mol. The molecule has 9 nitrogen and oxygen atoms in total. The van der Waals surface area contributed by atoms with Gasteiger partial charge in [0.15, 0.2) is 0 Å². The maximum Gasteiger partial charge on any atom is 0.407 e. The fourth-order valence-electron chi connectivity index (χ4n) is 2.51. The molecule has 0 aromatic heterocycles. The van der Waals surface area contributed by atoms with Gasteiger partial charge in [0.25, 0.3) is 0 Å². The summed E-state index contributed by atoms with van der Waals surface area (Å²) in [5.41, 5.74) is 4.58. The second kappa shape index (κ2) is 13.8. The molecule has 4 amide bonds. The summed E-state index contributed by atoms with van der Waals surface area (Å²) in [4.78, 5) is 47.5. The summed E-state index contributed by atoms with van der Waals surface area (Å²) in [5, 5.41) is 7.79. The molecule has 2 atom stereocenters. The Hall–Kier alpha value is -2.32. The van der Waals surface area contributed by atoms with Crippen molar-refractivity contribution in [2.75, 3.05) is 6.54 Å². The number of primary amides is 1. The van der Waals surface area contributed by atoms with Crippen molar-refractivity contribution in [3.8, 4) is 0 Å². The van der Waals surface area contributed by atoms with E-state index in [1.807, 2.05) is 0 Å². The fraction of sp³-hybridized carbons (Fsp3) is 0.800. The molecule has 0 bridgehead atoms. The number of unbranched alkanes of at least 4 members (excludes halogenated alkanes) is 4. The standard InChI is InChI=1S/C20H38N4O5/c1-6-7-8-9-10-11-17(26)24-15(12-16(21)25)18(27)23-14(2)13-22-19(28)29-20(3,4)5/h14-15H,6-13H2,1-5H3,(H2,21,25)(H,22,28)(H,23,27)(H,24,26). The maximum atomic E-state index is 12.4. The van der Waals surface area contributed by atoms with Crippen LogP contribution in [0.15, 0.2) is 0 Å². The first-order chi connectivity index (χ1) is 13.4. The minimum Gasteiger partial charge on any atom is -0.444 e. The van der Waals surface area contributed by atoms with Crippen molar-refractivity contribution in [2.45, 2.75) is 97.2 Å². The number of nitrogens with two attached hydrogens (primary N) is 1. The summed E-state index contributed by atoms with van der Waals surface area (Å²) < 4.78 is 5.13. The molecule has 9 heteroatoms. The highest BCUT2D eigenvalue weighted by molar-refractivity contribution is 5.91. The van der Waals surface area contributed by atoms with Gasteiger partial charge in [-0.1, -0.05) is 32.6 Å². The Kier molecular flexibility index (Phi) is 12.7. The smallest absolute Gasteiger partial charge is 0.407 e. The highest BCUT2D eigenvalue weighted by atomic mass is 16.6. The number of hydrogen-bond acceptors (Lipinski definition) is 5. The predicted octanol–water partition coefficient (Wildman–Crippen LogP) is 1.74. The molecule has 29 heavy (non-hydrogen) atoms. The zero-order valence-corrected chi connectivity index (χ0v) is 18.4. The van der Waals surface area contributed by atoms with Crippen LogP contribution in [-0.4, -0.2) is 48.0 Å². The van der Waals surface area contributed by atoms with Crippen LogP contribution in [0.2, 0.25) is 0 Å². The molecular weight excluding hydrogens is 376 g/mol. The van der Waals surface area contributed by atoms with E-state index < -0.39 is 35.6 Å². The Bertz CT molecular complexity index is 545. The van der Waals surface area contributed by atoms with Gasteiger partial charge in [-0.2, -0.15) is 0 Å². The van der Waals surface area contributed by atoms with E-state index in [1.165, 1.54) is 0 Å². The van der Waals surface area contributed by atoms with Crippen molar-refractivity contribution in [3.63, 3.8) is 0 Å². The summed E-state index contributed by atoms with van der Waals surface area (Å²) in [5.74, 6) is -1.50. The van der Waals surface area contributed by atoms with E-state index in [-0.39, 0.29) is 18.9 Å². The molecule has 0 aromatic rings. The van der Waals surface area contributed by atoms with Gasteiger partial charge in [0.1, 0.15) is 11.6 Å². The fourth-order valence-corrected chi connectivity index (χ4v) is 2.51. The number of ether oxygens (including phenoxy) is 1. The van der Waals surface area contributed by atoms with Gasteiger partial charge in [-0.05, 0) is 34.1 Å². The third-order valence-corrected chi connectivity index (χ3v) is 3.90. The third kappa shape index (κ3) is 15.3. The SMILES string of the molecule is CCCCCCCC(=O)NC(CC(N)=O)C(=O)NC(C)CNC(=O)OC(C)(C)C. The highest BCUT2D eigenvalue weighted by Gasteiger charge is 2.24. The van der Waals surface area contributed by atoms with Crippen LogP contribution in [0.4, 0.5) is 4.79 Å². The maximum absolute atomic E-state index is 12.4. The third-order valence-electron chi connectivity index (χ3n) is 3.90.